The van der Waals surface area contributed by atoms with Crippen molar-refractivity contribution in [3.8, 4) is 0 Å². The lowest BCUT2D eigenvalue weighted by molar-refractivity contribution is -0.115. The minimum absolute atomic E-state index is 0.404. The molecule has 3 aromatic rings. The van der Waals surface area contributed by atoms with E-state index in [0.717, 1.165) is 11.3 Å². The zero-order chi connectivity index (χ0) is 21.3. The van der Waals surface area contributed by atoms with E-state index in [1.807, 2.05) is 37.3 Å². The predicted octanol–water partition coefficient (Wildman–Crippen LogP) is 4.47. The lowest BCUT2D eigenvalue weighted by Crippen LogP contribution is -2.31. The lowest BCUT2D eigenvalue weighted by atomic mass is 9.93. The van der Waals surface area contributed by atoms with Crippen LogP contribution in [0.1, 0.15) is 49.4 Å². The van der Waals surface area contributed by atoms with E-state index in [9.17, 15) is 4.79 Å². The van der Waals surface area contributed by atoms with E-state index in [4.69, 9.17) is 10.8 Å². The molecule has 1 aliphatic rings. The fourth-order valence-corrected chi connectivity index (χ4v) is 4.39. The van der Waals surface area contributed by atoms with Crippen LogP contribution in [0.25, 0.3) is 0 Å². The Hall–Kier alpha value is -3.06. The normalized spacial score (nSPS) is 15.8. The van der Waals surface area contributed by atoms with Crippen molar-refractivity contribution in [2.24, 2.45) is 5.73 Å². The van der Waals surface area contributed by atoms with Crippen molar-refractivity contribution < 1.29 is 4.79 Å². The number of thioether (sulfide) groups is 1. The molecule has 1 aromatic heterocycles. The Morgan fingerprint density at radius 1 is 1.17 bits per heavy atom. The van der Waals surface area contributed by atoms with Gasteiger partial charge in [-0.15, -0.1) is 5.10 Å². The van der Waals surface area contributed by atoms with Crippen LogP contribution in [0.15, 0.2) is 71.0 Å². The fourth-order valence-electron chi connectivity index (χ4n) is 3.61. The highest BCUT2D eigenvalue weighted by atomic mass is 32.2. The Bertz CT molecular complexity index is 1090. The molecule has 0 radical (unpaired) electrons. The van der Waals surface area contributed by atoms with E-state index in [0.29, 0.717) is 28.3 Å². The molecule has 0 saturated carbocycles. The van der Waals surface area contributed by atoms with E-state index in [2.05, 4.69) is 48.4 Å². The highest BCUT2D eigenvalue weighted by molar-refractivity contribution is 7.98. The van der Waals surface area contributed by atoms with Crippen LogP contribution in [0.5, 0.6) is 0 Å². The number of anilines is 1. The average molecular weight is 420 g/mol. The molecular formula is C23H25N5OS. The zero-order valence-corrected chi connectivity index (χ0v) is 18.1. The van der Waals surface area contributed by atoms with Crippen LogP contribution >= 0.6 is 11.8 Å². The van der Waals surface area contributed by atoms with Gasteiger partial charge in [-0.1, -0.05) is 80.2 Å². The molecule has 4 rings (SSSR count). The van der Waals surface area contributed by atoms with Crippen LogP contribution < -0.4 is 11.1 Å². The largest absolute Gasteiger partial charge is 0.366 e. The quantitative estimate of drug-likeness (QED) is 0.576. The second kappa shape index (κ2) is 8.36. The average Bonchev–Trinajstić information content (AvgIpc) is 3.14. The first kappa shape index (κ1) is 20.2. The zero-order valence-electron chi connectivity index (χ0n) is 17.3. The number of carbonyl (C=O) groups is 1. The van der Waals surface area contributed by atoms with Crippen molar-refractivity contribution in [3.63, 3.8) is 0 Å². The summed E-state index contributed by atoms with van der Waals surface area (Å²) in [5, 5.41) is 8.56. The number of hydrogen-bond donors (Lipinski definition) is 2. The summed E-state index contributed by atoms with van der Waals surface area (Å²) in [7, 11) is 0. The fraction of sp³-hybridized carbons (Fsp3) is 0.261. The maximum Gasteiger partial charge on any atom is 0.248 e. The summed E-state index contributed by atoms with van der Waals surface area (Å²) in [5.41, 5.74) is 10.4. The number of benzene rings is 2. The first-order chi connectivity index (χ1) is 14.4. The maximum atomic E-state index is 12.3. The topological polar surface area (TPSA) is 85.8 Å². The molecule has 0 fully saturated rings. The van der Waals surface area contributed by atoms with Crippen molar-refractivity contribution in [1.82, 2.24) is 14.8 Å². The van der Waals surface area contributed by atoms with Gasteiger partial charge in [0.1, 0.15) is 6.04 Å². The summed E-state index contributed by atoms with van der Waals surface area (Å²) in [6, 6.07) is 18.1. The minimum Gasteiger partial charge on any atom is -0.366 e. The summed E-state index contributed by atoms with van der Waals surface area (Å²) in [6.45, 7) is 6.17. The molecule has 0 spiro atoms. The molecule has 2 heterocycles. The number of carbonyl (C=O) groups excluding carboxylic acids is 1. The predicted molar refractivity (Wildman–Crippen MR) is 120 cm³/mol. The van der Waals surface area contributed by atoms with Gasteiger partial charge >= 0.3 is 0 Å². The van der Waals surface area contributed by atoms with E-state index in [-0.39, 0.29) is 0 Å². The van der Waals surface area contributed by atoms with Gasteiger partial charge in [0.25, 0.3) is 0 Å². The first-order valence-corrected chi connectivity index (χ1v) is 10.9. The van der Waals surface area contributed by atoms with Crippen molar-refractivity contribution >= 4 is 23.6 Å². The monoisotopic (exact) mass is 419 g/mol. The summed E-state index contributed by atoms with van der Waals surface area (Å²) in [6.07, 6.45) is 0. The van der Waals surface area contributed by atoms with Gasteiger partial charge in [0.2, 0.25) is 17.0 Å². The molecule has 154 valence electrons. The third kappa shape index (κ3) is 3.98. The molecule has 30 heavy (non-hydrogen) atoms. The SMILES string of the molecule is CC1=C(C(N)=O)[C@@H](c2ccc(C(C)C)cc2)n2nc(SCc3ccccc3)nc2N1. The number of fused-ring (bicyclic) bond motifs is 1. The van der Waals surface area contributed by atoms with Gasteiger partial charge in [-0.3, -0.25) is 4.79 Å². The van der Waals surface area contributed by atoms with Crippen molar-refractivity contribution in [2.75, 3.05) is 5.32 Å². The number of rotatable bonds is 6. The molecule has 0 unspecified atom stereocenters. The second-order valence-electron chi connectivity index (χ2n) is 7.69. The van der Waals surface area contributed by atoms with Crippen LogP contribution in [0.2, 0.25) is 0 Å². The number of amides is 1. The van der Waals surface area contributed by atoms with Crippen LogP contribution in [0.4, 0.5) is 5.95 Å². The van der Waals surface area contributed by atoms with Gasteiger partial charge in [-0.05, 0) is 29.5 Å². The number of allylic oxidation sites excluding steroid dienone is 1. The third-order valence-electron chi connectivity index (χ3n) is 5.23. The van der Waals surface area contributed by atoms with E-state index < -0.39 is 11.9 Å². The Kier molecular flexibility index (Phi) is 5.63. The Labute approximate surface area is 180 Å². The molecule has 1 aliphatic heterocycles. The lowest BCUT2D eigenvalue weighted by Gasteiger charge is -2.27. The summed E-state index contributed by atoms with van der Waals surface area (Å²) in [5.74, 6) is 1.36. The molecule has 2 aromatic carbocycles. The number of nitrogens with zero attached hydrogens (tertiary/aromatic N) is 3. The number of nitrogens with two attached hydrogens (primary N) is 1. The van der Waals surface area contributed by atoms with Crippen LogP contribution in [-0.4, -0.2) is 20.7 Å². The molecule has 7 heteroatoms. The van der Waals surface area contributed by atoms with E-state index in [1.165, 1.54) is 11.1 Å². The van der Waals surface area contributed by atoms with Gasteiger partial charge in [0.15, 0.2) is 0 Å². The van der Waals surface area contributed by atoms with E-state index in [1.54, 1.807) is 16.4 Å². The summed E-state index contributed by atoms with van der Waals surface area (Å²) in [4.78, 5) is 17.0. The molecule has 1 amide bonds. The summed E-state index contributed by atoms with van der Waals surface area (Å²) >= 11 is 1.56. The molecule has 0 aliphatic carbocycles. The highest BCUT2D eigenvalue weighted by Gasteiger charge is 2.33. The third-order valence-corrected chi connectivity index (χ3v) is 6.14. The van der Waals surface area contributed by atoms with Crippen molar-refractivity contribution in [3.05, 3.63) is 82.6 Å². The molecule has 3 N–H and O–H groups in total. The van der Waals surface area contributed by atoms with E-state index >= 15 is 0 Å². The molecule has 6 nitrogen and oxygen atoms in total. The Morgan fingerprint density at radius 3 is 2.50 bits per heavy atom. The van der Waals surface area contributed by atoms with Crippen LogP contribution in [-0.2, 0) is 10.5 Å². The molecule has 0 saturated heterocycles. The van der Waals surface area contributed by atoms with Gasteiger partial charge in [0, 0.05) is 11.4 Å². The Balaban J connectivity index is 1.69. The molecule has 1 atom stereocenters. The number of primary amides is 1. The van der Waals surface area contributed by atoms with Gasteiger partial charge in [0.05, 0.1) is 5.57 Å². The van der Waals surface area contributed by atoms with Crippen molar-refractivity contribution in [2.45, 2.75) is 43.6 Å². The van der Waals surface area contributed by atoms with Gasteiger partial charge in [-0.25, -0.2) is 4.68 Å². The number of aromatic nitrogens is 3. The minimum atomic E-state index is -0.461. The maximum absolute atomic E-state index is 12.3. The standard InChI is InChI=1S/C23H25N5OS/c1-14(2)17-9-11-18(12-10-17)20-19(21(24)29)15(3)25-22-26-23(27-28(20)22)30-13-16-7-5-4-6-8-16/h4-12,14,20H,13H2,1-3H3,(H2,24,29)(H,25,26,27)/t20-/m1/s1. The summed E-state index contributed by atoms with van der Waals surface area (Å²) < 4.78 is 1.77. The van der Waals surface area contributed by atoms with Crippen LogP contribution in [0.3, 0.4) is 0 Å². The smallest absolute Gasteiger partial charge is 0.248 e. The van der Waals surface area contributed by atoms with Gasteiger partial charge < -0.3 is 11.1 Å². The Morgan fingerprint density at radius 2 is 1.87 bits per heavy atom. The molecular weight excluding hydrogens is 394 g/mol. The first-order valence-electron chi connectivity index (χ1n) is 9.94. The van der Waals surface area contributed by atoms with Crippen LogP contribution in [0, 0.1) is 0 Å². The molecule has 0 bridgehead atoms. The number of nitrogens with one attached hydrogen (secondary N) is 1. The second-order valence-corrected chi connectivity index (χ2v) is 8.63. The number of hydrogen-bond acceptors (Lipinski definition) is 5. The van der Waals surface area contributed by atoms with Crippen molar-refractivity contribution in [1.29, 1.82) is 0 Å². The van der Waals surface area contributed by atoms with Gasteiger partial charge in [-0.2, -0.15) is 4.98 Å². The highest BCUT2D eigenvalue weighted by Crippen LogP contribution is 2.36.